The molecule has 1 spiro atoms. The van der Waals surface area contributed by atoms with E-state index in [2.05, 4.69) is 34.6 Å². The van der Waals surface area contributed by atoms with E-state index >= 15 is 0 Å². The lowest BCUT2D eigenvalue weighted by Crippen LogP contribution is -2.59. The third-order valence-corrected chi connectivity index (χ3v) is 13.1. The topological polar surface area (TPSA) is 125 Å². The monoisotopic (exact) mass is 596 g/mol. The Bertz CT molecular complexity index is 1270. The lowest BCUT2D eigenvalue weighted by atomic mass is 9.44. The van der Waals surface area contributed by atoms with Gasteiger partial charge in [0, 0.05) is 24.0 Å². The quantitative estimate of drug-likeness (QED) is 0.121. The Labute approximate surface area is 254 Å². The second-order valence-corrected chi connectivity index (χ2v) is 15.6. The van der Waals surface area contributed by atoms with E-state index in [0.29, 0.717) is 30.1 Å². The van der Waals surface area contributed by atoms with Crippen LogP contribution in [0.3, 0.4) is 0 Å². The molecule has 4 aliphatic carbocycles. The fourth-order valence-electron chi connectivity index (χ4n) is 10.9. The summed E-state index contributed by atoms with van der Waals surface area (Å²) in [6.07, 6.45) is 12.4. The van der Waals surface area contributed by atoms with Gasteiger partial charge < -0.3 is 9.47 Å². The minimum absolute atomic E-state index is 0.0378. The molecule has 4 saturated carbocycles. The predicted octanol–water partition coefficient (Wildman–Crippen LogP) is 8.28. The van der Waals surface area contributed by atoms with Gasteiger partial charge in [-0.2, -0.15) is 0 Å². The minimum Gasteiger partial charge on any atom is -0.459 e. The molecule has 1 aromatic rings. The first-order valence-corrected chi connectivity index (χ1v) is 16.6. The summed E-state index contributed by atoms with van der Waals surface area (Å²) >= 11 is 0. The number of benzene rings is 1. The van der Waals surface area contributed by atoms with Gasteiger partial charge in [-0.15, -0.1) is 0 Å². The van der Waals surface area contributed by atoms with Crippen molar-refractivity contribution in [2.75, 3.05) is 0 Å². The molecule has 0 radical (unpaired) electrons. The average Bonchev–Trinajstić information content (AvgIpc) is 3.53. The summed E-state index contributed by atoms with van der Waals surface area (Å²) in [6.45, 7) is 12.2. The van der Waals surface area contributed by atoms with Crippen LogP contribution < -0.4 is 0 Å². The number of hydrogen-bond acceptors (Lipinski definition) is 7. The number of nitro groups is 2. The predicted molar refractivity (Wildman–Crippen MR) is 162 cm³/mol. The van der Waals surface area contributed by atoms with Crippen molar-refractivity contribution in [2.45, 2.75) is 123 Å². The average molecular weight is 597 g/mol. The fourth-order valence-corrected chi connectivity index (χ4v) is 10.9. The van der Waals surface area contributed by atoms with E-state index in [-0.39, 0.29) is 28.8 Å². The highest BCUT2D eigenvalue weighted by atomic mass is 16.6. The van der Waals surface area contributed by atoms with Crippen LogP contribution in [-0.2, 0) is 9.47 Å². The standard InChI is InChI=1S/C34H48N2O7/c1-20(2)7-6-8-21(3)27-9-10-28-26-18-30-34(43-30)19-25(11-14-33(34,5)29(26)12-13-32(27,28)4)42-31(37)22-15-23(35(38)39)17-24(16-22)36(40)41/h15-17,20-21,25-30H,6-14,18-19H2,1-5H3/t21?,25?,26?,27?,28?,29?,30-,32?,33?,34-/m0/s1. The van der Waals surface area contributed by atoms with Crippen molar-refractivity contribution in [1.82, 2.24) is 0 Å². The highest BCUT2D eigenvalue weighted by Crippen LogP contribution is 2.74. The van der Waals surface area contributed by atoms with Crippen LogP contribution in [0, 0.1) is 66.6 Å². The van der Waals surface area contributed by atoms with E-state index in [9.17, 15) is 25.0 Å². The SMILES string of the molecule is CC(C)CCCC(C)C1CCC2C3C[C@@H]4O[C@@]45CC(OC(=O)c4cc([N+](=O)[O-])cc([N+](=O)[O-])c4)CCC5(C)C3CCC12C. The zero-order valence-electron chi connectivity index (χ0n) is 26.4. The Morgan fingerprint density at radius 3 is 2.33 bits per heavy atom. The number of hydrogen-bond donors (Lipinski definition) is 0. The van der Waals surface area contributed by atoms with Crippen LogP contribution in [0.1, 0.15) is 116 Å². The summed E-state index contributed by atoms with van der Waals surface area (Å²) in [4.78, 5) is 34.3. The van der Waals surface area contributed by atoms with Crippen molar-refractivity contribution in [3.63, 3.8) is 0 Å². The number of esters is 1. The zero-order valence-corrected chi connectivity index (χ0v) is 26.4. The highest BCUT2D eigenvalue weighted by molar-refractivity contribution is 5.91. The largest absolute Gasteiger partial charge is 0.459 e. The fraction of sp³-hybridized carbons (Fsp3) is 0.794. The van der Waals surface area contributed by atoms with E-state index < -0.39 is 27.2 Å². The molecular weight excluding hydrogens is 548 g/mol. The van der Waals surface area contributed by atoms with Crippen molar-refractivity contribution < 1.29 is 24.1 Å². The van der Waals surface area contributed by atoms with Crippen LogP contribution in [0.4, 0.5) is 11.4 Å². The number of nitro benzene ring substituents is 2. The molecule has 43 heavy (non-hydrogen) atoms. The summed E-state index contributed by atoms with van der Waals surface area (Å²) in [5, 5.41) is 22.6. The van der Waals surface area contributed by atoms with E-state index in [1.807, 2.05) is 0 Å². The molecule has 5 aliphatic rings. The molecule has 1 aromatic carbocycles. The van der Waals surface area contributed by atoms with Crippen molar-refractivity contribution in [3.05, 3.63) is 44.0 Å². The first-order chi connectivity index (χ1) is 20.3. The molecule has 0 amide bonds. The Morgan fingerprint density at radius 2 is 1.67 bits per heavy atom. The van der Waals surface area contributed by atoms with Gasteiger partial charge in [0.25, 0.3) is 11.4 Å². The Balaban J connectivity index is 1.14. The first kappa shape index (κ1) is 30.5. The van der Waals surface area contributed by atoms with E-state index in [1.165, 1.54) is 44.9 Å². The zero-order chi connectivity index (χ0) is 30.9. The molecule has 8 unspecified atom stereocenters. The summed E-state index contributed by atoms with van der Waals surface area (Å²) in [5.74, 6) is 3.65. The number of non-ortho nitro benzene ring substituents is 2. The third kappa shape index (κ3) is 4.98. The van der Waals surface area contributed by atoms with Crippen molar-refractivity contribution >= 4 is 17.3 Å². The maximum atomic E-state index is 13.1. The molecule has 1 heterocycles. The third-order valence-electron chi connectivity index (χ3n) is 13.1. The molecule has 236 valence electrons. The molecular formula is C34H48N2O7. The number of fused-ring (bicyclic) bond motifs is 4. The number of carbonyl (C=O) groups is 1. The maximum absolute atomic E-state index is 13.1. The van der Waals surface area contributed by atoms with E-state index in [4.69, 9.17) is 9.47 Å². The number of epoxide rings is 1. The second kappa shape index (κ2) is 10.8. The van der Waals surface area contributed by atoms with Gasteiger partial charge >= 0.3 is 5.97 Å². The van der Waals surface area contributed by atoms with Crippen LogP contribution in [0.25, 0.3) is 0 Å². The molecule has 0 N–H and O–H groups in total. The Hall–Kier alpha value is -2.55. The van der Waals surface area contributed by atoms with Crippen LogP contribution in [0.2, 0.25) is 0 Å². The maximum Gasteiger partial charge on any atom is 0.338 e. The molecule has 0 bridgehead atoms. The Morgan fingerprint density at radius 1 is 0.977 bits per heavy atom. The van der Waals surface area contributed by atoms with Gasteiger partial charge in [-0.1, -0.05) is 53.9 Å². The first-order valence-electron chi connectivity index (χ1n) is 16.6. The van der Waals surface area contributed by atoms with Crippen molar-refractivity contribution in [1.29, 1.82) is 0 Å². The summed E-state index contributed by atoms with van der Waals surface area (Å²) in [6, 6.07) is 2.97. The van der Waals surface area contributed by atoms with Crippen LogP contribution >= 0.6 is 0 Å². The summed E-state index contributed by atoms with van der Waals surface area (Å²) in [5.41, 5.74) is -0.994. The smallest absolute Gasteiger partial charge is 0.338 e. The van der Waals surface area contributed by atoms with Crippen molar-refractivity contribution in [3.8, 4) is 0 Å². The number of carbonyl (C=O) groups excluding carboxylic acids is 1. The van der Waals surface area contributed by atoms with Gasteiger partial charge in [-0.05, 0) is 85.9 Å². The summed E-state index contributed by atoms with van der Waals surface area (Å²) < 4.78 is 12.5. The van der Waals surface area contributed by atoms with Crippen LogP contribution in [0.5, 0.6) is 0 Å². The van der Waals surface area contributed by atoms with Gasteiger partial charge in [0.2, 0.25) is 0 Å². The van der Waals surface area contributed by atoms with Gasteiger partial charge in [-0.3, -0.25) is 20.2 Å². The van der Waals surface area contributed by atoms with Crippen LogP contribution in [0.15, 0.2) is 18.2 Å². The number of rotatable bonds is 9. The molecule has 6 rings (SSSR count). The molecule has 9 nitrogen and oxygen atoms in total. The molecule has 0 aromatic heterocycles. The molecule has 9 heteroatoms. The lowest BCUT2D eigenvalue weighted by Gasteiger charge is -2.59. The van der Waals surface area contributed by atoms with E-state index in [1.54, 1.807) is 0 Å². The normalized spacial score (nSPS) is 40.0. The summed E-state index contributed by atoms with van der Waals surface area (Å²) in [7, 11) is 0. The van der Waals surface area contributed by atoms with Gasteiger partial charge in [0.1, 0.15) is 11.7 Å². The second-order valence-electron chi connectivity index (χ2n) is 15.6. The molecule has 10 atom stereocenters. The lowest BCUT2D eigenvalue weighted by molar-refractivity contribution is -0.394. The molecule has 1 aliphatic heterocycles. The number of nitrogens with zero attached hydrogens (tertiary/aromatic N) is 2. The molecule has 5 fully saturated rings. The van der Waals surface area contributed by atoms with Crippen LogP contribution in [-0.4, -0.2) is 33.6 Å². The Kier molecular flexibility index (Phi) is 7.66. The number of ether oxygens (including phenoxy) is 2. The van der Waals surface area contributed by atoms with Gasteiger partial charge in [0.05, 0.1) is 27.6 Å². The highest BCUT2D eigenvalue weighted by Gasteiger charge is 2.76. The van der Waals surface area contributed by atoms with Gasteiger partial charge in [0.15, 0.2) is 0 Å². The van der Waals surface area contributed by atoms with Crippen molar-refractivity contribution in [2.24, 2.45) is 46.3 Å². The minimum atomic E-state index is -0.754. The molecule has 1 saturated heterocycles. The van der Waals surface area contributed by atoms with Gasteiger partial charge in [-0.25, -0.2) is 4.79 Å². The van der Waals surface area contributed by atoms with E-state index in [0.717, 1.165) is 54.7 Å².